The summed E-state index contributed by atoms with van der Waals surface area (Å²) in [6.45, 7) is 3.71. The third-order valence-corrected chi connectivity index (χ3v) is 6.68. The SMILES string of the molecule is CCC(C)(CNC(=O)OCC1c2ccccc2-c2ccccc21)C(=O)Nc1cnn(C)c1C(=O)O. The first-order valence-electron chi connectivity index (χ1n) is 11.4. The normalized spacial score (nSPS) is 13.9. The molecule has 0 saturated carbocycles. The van der Waals surface area contributed by atoms with E-state index in [4.69, 9.17) is 4.74 Å². The number of aryl methyl sites for hydroxylation is 1. The van der Waals surface area contributed by atoms with Crippen LogP contribution in [0.5, 0.6) is 0 Å². The molecule has 2 amide bonds. The average molecular weight is 477 g/mol. The van der Waals surface area contributed by atoms with Gasteiger partial charge in [0.2, 0.25) is 5.91 Å². The number of aromatic carboxylic acids is 1. The van der Waals surface area contributed by atoms with Gasteiger partial charge >= 0.3 is 12.1 Å². The van der Waals surface area contributed by atoms with Gasteiger partial charge < -0.3 is 20.5 Å². The molecule has 3 N–H and O–H groups in total. The first kappa shape index (κ1) is 24.0. The third kappa shape index (κ3) is 4.62. The maximum Gasteiger partial charge on any atom is 0.407 e. The van der Waals surface area contributed by atoms with Crippen molar-refractivity contribution >= 4 is 23.7 Å². The molecule has 9 heteroatoms. The molecule has 182 valence electrons. The highest BCUT2D eigenvalue weighted by atomic mass is 16.5. The van der Waals surface area contributed by atoms with E-state index in [0.29, 0.717) is 6.42 Å². The van der Waals surface area contributed by atoms with Crippen molar-refractivity contribution in [2.24, 2.45) is 12.5 Å². The minimum Gasteiger partial charge on any atom is -0.476 e. The van der Waals surface area contributed by atoms with Gasteiger partial charge in [0, 0.05) is 19.5 Å². The van der Waals surface area contributed by atoms with Crippen LogP contribution in [-0.4, -0.2) is 46.0 Å². The van der Waals surface area contributed by atoms with Gasteiger partial charge in [0.1, 0.15) is 6.61 Å². The van der Waals surface area contributed by atoms with Crippen LogP contribution in [-0.2, 0) is 16.6 Å². The molecule has 0 aliphatic heterocycles. The maximum absolute atomic E-state index is 13.0. The number of ether oxygens (including phenoxy) is 1. The molecule has 1 aromatic heterocycles. The summed E-state index contributed by atoms with van der Waals surface area (Å²) in [6.07, 6.45) is 1.08. The molecule has 0 fully saturated rings. The lowest BCUT2D eigenvalue weighted by atomic mass is 9.86. The van der Waals surface area contributed by atoms with Crippen molar-refractivity contribution in [3.8, 4) is 11.1 Å². The molecule has 1 aliphatic rings. The Morgan fingerprint density at radius 3 is 2.26 bits per heavy atom. The van der Waals surface area contributed by atoms with Gasteiger partial charge in [-0.05, 0) is 35.6 Å². The number of aromatic nitrogens is 2. The van der Waals surface area contributed by atoms with Gasteiger partial charge in [-0.2, -0.15) is 5.10 Å². The fourth-order valence-electron chi connectivity index (χ4n) is 4.34. The highest BCUT2D eigenvalue weighted by Gasteiger charge is 2.34. The van der Waals surface area contributed by atoms with Gasteiger partial charge in [-0.3, -0.25) is 9.48 Å². The molecular formula is C26H28N4O5. The van der Waals surface area contributed by atoms with Gasteiger partial charge in [0.25, 0.3) is 0 Å². The molecule has 9 nitrogen and oxygen atoms in total. The number of nitrogens with zero attached hydrogens (tertiary/aromatic N) is 2. The maximum atomic E-state index is 13.0. The number of nitrogens with one attached hydrogen (secondary N) is 2. The molecule has 0 saturated heterocycles. The molecule has 35 heavy (non-hydrogen) atoms. The van der Waals surface area contributed by atoms with Crippen LogP contribution in [0.15, 0.2) is 54.7 Å². The van der Waals surface area contributed by atoms with Crippen LogP contribution in [0.25, 0.3) is 11.1 Å². The lowest BCUT2D eigenvalue weighted by Crippen LogP contribution is -2.44. The van der Waals surface area contributed by atoms with Crippen molar-refractivity contribution < 1.29 is 24.2 Å². The Morgan fingerprint density at radius 2 is 1.69 bits per heavy atom. The molecule has 1 aliphatic carbocycles. The van der Waals surface area contributed by atoms with E-state index in [-0.39, 0.29) is 30.5 Å². The lowest BCUT2D eigenvalue weighted by molar-refractivity contribution is -0.124. The summed E-state index contributed by atoms with van der Waals surface area (Å²) < 4.78 is 6.74. The van der Waals surface area contributed by atoms with E-state index >= 15 is 0 Å². The number of anilines is 1. The fourth-order valence-corrected chi connectivity index (χ4v) is 4.34. The van der Waals surface area contributed by atoms with E-state index in [9.17, 15) is 19.5 Å². The highest BCUT2D eigenvalue weighted by Crippen LogP contribution is 2.44. The summed E-state index contributed by atoms with van der Waals surface area (Å²) in [5.41, 5.74) is 3.51. The van der Waals surface area contributed by atoms with E-state index in [1.807, 2.05) is 43.3 Å². The minimum atomic E-state index is -1.20. The van der Waals surface area contributed by atoms with Gasteiger partial charge in [0.15, 0.2) is 5.69 Å². The van der Waals surface area contributed by atoms with Crippen LogP contribution < -0.4 is 10.6 Å². The standard InChI is InChI=1S/C26H28N4O5/c1-4-26(2,24(33)29-21-13-28-30(3)22(21)23(31)32)15-27-25(34)35-14-20-18-11-7-5-9-16(18)17-10-6-8-12-19(17)20/h5-13,20H,4,14-15H2,1-3H3,(H,27,34)(H,29,33)(H,31,32). The number of carboxylic acid groups (broad SMARTS) is 1. The first-order chi connectivity index (χ1) is 16.7. The Labute approximate surface area is 203 Å². The Bertz CT molecular complexity index is 1240. The highest BCUT2D eigenvalue weighted by molar-refractivity contribution is 6.01. The topological polar surface area (TPSA) is 123 Å². The van der Waals surface area contributed by atoms with E-state index < -0.39 is 23.4 Å². The molecule has 4 rings (SSSR count). The molecule has 0 bridgehead atoms. The minimum absolute atomic E-state index is 0.0225. The smallest absolute Gasteiger partial charge is 0.407 e. The number of carboxylic acids is 1. The third-order valence-electron chi connectivity index (χ3n) is 6.68. The Hall–Kier alpha value is -4.14. The van der Waals surface area contributed by atoms with Crippen molar-refractivity contribution in [2.75, 3.05) is 18.5 Å². The number of carbonyl (C=O) groups excluding carboxylic acids is 2. The second kappa shape index (κ2) is 9.61. The van der Waals surface area contributed by atoms with Crippen molar-refractivity contribution in [1.82, 2.24) is 15.1 Å². The molecular weight excluding hydrogens is 448 g/mol. The number of carbonyl (C=O) groups is 3. The van der Waals surface area contributed by atoms with Crippen molar-refractivity contribution in [3.05, 3.63) is 71.5 Å². The lowest BCUT2D eigenvalue weighted by Gasteiger charge is -2.27. The first-order valence-corrected chi connectivity index (χ1v) is 11.4. The summed E-state index contributed by atoms with van der Waals surface area (Å²) in [4.78, 5) is 37.0. The van der Waals surface area contributed by atoms with E-state index in [0.717, 1.165) is 22.3 Å². The van der Waals surface area contributed by atoms with Crippen molar-refractivity contribution in [3.63, 3.8) is 0 Å². The number of fused-ring (bicyclic) bond motifs is 3. The predicted molar refractivity (Wildman–Crippen MR) is 130 cm³/mol. The van der Waals surface area contributed by atoms with E-state index in [1.165, 1.54) is 17.9 Å². The van der Waals surface area contributed by atoms with Crippen molar-refractivity contribution in [2.45, 2.75) is 26.2 Å². The predicted octanol–water partition coefficient (Wildman–Crippen LogP) is 4.01. The number of hydrogen-bond acceptors (Lipinski definition) is 5. The zero-order chi connectivity index (χ0) is 25.2. The second-order valence-electron chi connectivity index (χ2n) is 8.88. The summed E-state index contributed by atoms with van der Waals surface area (Å²) in [5.74, 6) is -1.68. The summed E-state index contributed by atoms with van der Waals surface area (Å²) in [5, 5.41) is 18.6. The number of amides is 2. The van der Waals surface area contributed by atoms with Gasteiger partial charge in [-0.15, -0.1) is 0 Å². The molecule has 0 radical (unpaired) electrons. The van der Waals surface area contributed by atoms with Crippen LogP contribution in [0.3, 0.4) is 0 Å². The van der Waals surface area contributed by atoms with Gasteiger partial charge in [0.05, 0.1) is 17.3 Å². The van der Waals surface area contributed by atoms with Crippen LogP contribution in [0.4, 0.5) is 10.5 Å². The monoisotopic (exact) mass is 476 g/mol. The molecule has 0 spiro atoms. The molecule has 1 atom stereocenters. The number of hydrogen-bond donors (Lipinski definition) is 3. The summed E-state index contributed by atoms with van der Waals surface area (Å²) in [7, 11) is 1.48. The zero-order valence-electron chi connectivity index (χ0n) is 19.9. The molecule has 2 aromatic carbocycles. The molecule has 3 aromatic rings. The Morgan fingerprint density at radius 1 is 1.09 bits per heavy atom. The van der Waals surface area contributed by atoms with Crippen LogP contribution in [0.1, 0.15) is 47.8 Å². The summed E-state index contributed by atoms with van der Waals surface area (Å²) in [6, 6.07) is 16.2. The van der Waals surface area contributed by atoms with Gasteiger partial charge in [-0.25, -0.2) is 9.59 Å². The number of benzene rings is 2. The zero-order valence-corrected chi connectivity index (χ0v) is 19.9. The van der Waals surface area contributed by atoms with E-state index in [2.05, 4.69) is 27.9 Å². The molecule has 1 heterocycles. The Balaban J connectivity index is 1.38. The number of alkyl carbamates (subject to hydrolysis) is 1. The largest absolute Gasteiger partial charge is 0.476 e. The van der Waals surface area contributed by atoms with Crippen LogP contribution in [0, 0.1) is 5.41 Å². The average Bonchev–Trinajstić information content (AvgIpc) is 3.38. The fraction of sp³-hybridized carbons (Fsp3) is 0.308. The van der Waals surface area contributed by atoms with Crippen LogP contribution in [0.2, 0.25) is 0 Å². The number of rotatable bonds is 8. The van der Waals surface area contributed by atoms with Gasteiger partial charge in [-0.1, -0.05) is 55.5 Å². The Kier molecular flexibility index (Phi) is 6.59. The van der Waals surface area contributed by atoms with Crippen LogP contribution >= 0.6 is 0 Å². The molecule has 1 unspecified atom stereocenters. The van der Waals surface area contributed by atoms with Crippen molar-refractivity contribution in [1.29, 1.82) is 0 Å². The quantitative estimate of drug-likeness (QED) is 0.451. The summed E-state index contributed by atoms with van der Waals surface area (Å²) >= 11 is 0. The second-order valence-corrected chi connectivity index (χ2v) is 8.88. The van der Waals surface area contributed by atoms with E-state index in [1.54, 1.807) is 6.92 Å².